The molecule has 4 aliphatic carbocycles. The van der Waals surface area contributed by atoms with E-state index in [9.17, 15) is 29.7 Å². The normalized spacial score (nSPS) is 26.2. The van der Waals surface area contributed by atoms with E-state index < -0.39 is 63.9 Å². The van der Waals surface area contributed by atoms with Gasteiger partial charge < -0.3 is 25.8 Å². The van der Waals surface area contributed by atoms with E-state index in [1.807, 2.05) is 30.3 Å². The molecule has 0 aliphatic heterocycles. The van der Waals surface area contributed by atoms with E-state index in [4.69, 9.17) is 10.5 Å². The van der Waals surface area contributed by atoms with E-state index >= 15 is 4.39 Å². The lowest BCUT2D eigenvalue weighted by atomic mass is 9.58. The Labute approximate surface area is 260 Å². The number of fused-ring (bicyclic) bond motifs is 3. The lowest BCUT2D eigenvalue weighted by Gasteiger charge is -2.50. The van der Waals surface area contributed by atoms with Crippen molar-refractivity contribution in [3.8, 4) is 5.75 Å². The smallest absolute Gasteiger partial charge is 0.255 e. The van der Waals surface area contributed by atoms with Crippen LogP contribution in [-0.4, -0.2) is 82.0 Å². The first-order valence-electron chi connectivity index (χ1n) is 15.2. The van der Waals surface area contributed by atoms with Crippen LogP contribution in [0.4, 0.5) is 4.39 Å². The van der Waals surface area contributed by atoms with Crippen LogP contribution in [-0.2, 0) is 29.1 Å². The van der Waals surface area contributed by atoms with Crippen molar-refractivity contribution in [3.63, 3.8) is 0 Å². The lowest BCUT2D eigenvalue weighted by Crippen LogP contribution is -2.63. The molecule has 4 aliphatic rings. The third kappa shape index (κ3) is 5.03. The number of halogens is 1. The maximum absolute atomic E-state index is 16.5. The summed E-state index contributed by atoms with van der Waals surface area (Å²) in [5, 5.41) is 34.3. The summed E-state index contributed by atoms with van der Waals surface area (Å²) < 4.78 is 22.1. The Hall–Kier alpha value is -4.06. The first-order chi connectivity index (χ1) is 21.4. The molecule has 1 fully saturated rings. The molecule has 10 nitrogen and oxygen atoms in total. The first kappa shape index (κ1) is 30.9. The van der Waals surface area contributed by atoms with E-state index in [0.717, 1.165) is 24.9 Å². The molecule has 6 rings (SSSR count). The van der Waals surface area contributed by atoms with Crippen LogP contribution in [0.15, 0.2) is 59.1 Å². The largest absolute Gasteiger partial charge is 0.510 e. The molecule has 0 saturated heterocycles. The van der Waals surface area contributed by atoms with Crippen LogP contribution in [0.1, 0.15) is 46.3 Å². The van der Waals surface area contributed by atoms with E-state index in [-0.39, 0.29) is 35.3 Å². The Morgan fingerprint density at radius 2 is 1.82 bits per heavy atom. The highest BCUT2D eigenvalue weighted by Gasteiger charge is 2.63. The molecule has 0 bridgehead atoms. The van der Waals surface area contributed by atoms with Crippen molar-refractivity contribution >= 4 is 17.5 Å². The molecule has 4 atom stereocenters. The molecule has 1 amide bonds. The van der Waals surface area contributed by atoms with Gasteiger partial charge in [-0.15, -0.1) is 0 Å². The molecule has 1 saturated carbocycles. The van der Waals surface area contributed by atoms with Gasteiger partial charge in [0.1, 0.15) is 28.7 Å². The standard InChI is InChI=1S/C34H38FN3O7/c1-37(2)28-22-12-19-11-21-25(29(39)24(19)31(41)34(22,44)32(42)26(30(28)40)33(36)43)23(45-3)13-20(27(21)35)16-38(15-18-9-10-18)14-17-7-5-4-6-8-17/h4-8,13,18-19,22,28,40-41,44H,9-12,14-16H2,1-3H3,(H2,36,43)/t19-,22-,28-,34-/m0/s1. The van der Waals surface area contributed by atoms with Crippen LogP contribution in [0.3, 0.4) is 0 Å². The highest BCUT2D eigenvalue weighted by molar-refractivity contribution is 6.24. The zero-order valence-electron chi connectivity index (χ0n) is 25.5. The summed E-state index contributed by atoms with van der Waals surface area (Å²) in [7, 11) is 4.53. The number of allylic oxidation sites excluding steroid dienone is 1. The second kappa shape index (κ2) is 11.4. The van der Waals surface area contributed by atoms with Crippen LogP contribution in [0.5, 0.6) is 5.75 Å². The average Bonchev–Trinajstić information content (AvgIpc) is 3.80. The molecule has 11 heteroatoms. The lowest BCUT2D eigenvalue weighted by molar-refractivity contribution is -0.148. The number of rotatable bonds is 9. The number of amides is 1. The number of aliphatic hydroxyl groups excluding tert-OH is 2. The number of hydrogen-bond donors (Lipinski definition) is 4. The number of Topliss-reactive ketones (excluding diaryl/α,β-unsaturated/α-hetero) is 2. The second-order valence-corrected chi connectivity index (χ2v) is 13.0. The SMILES string of the molecule is COc1cc(CN(Cc2ccccc2)CC2CC2)c(F)c2c1C(=O)C1=C(O)[C@]3(O)C(=O)C(C(N)=O)=C(O)[C@@H](N(C)C)[C@@H]3C[C@@H]1C2. The Balaban J connectivity index is 1.42. The summed E-state index contributed by atoms with van der Waals surface area (Å²) in [5.74, 6) is -6.62. The van der Waals surface area contributed by atoms with Crippen LogP contribution >= 0.6 is 0 Å². The van der Waals surface area contributed by atoms with E-state index in [1.165, 1.54) is 18.1 Å². The van der Waals surface area contributed by atoms with Gasteiger partial charge in [-0.1, -0.05) is 30.3 Å². The second-order valence-electron chi connectivity index (χ2n) is 13.0. The highest BCUT2D eigenvalue weighted by Crippen LogP contribution is 2.52. The predicted molar refractivity (Wildman–Crippen MR) is 162 cm³/mol. The quantitative estimate of drug-likeness (QED) is 0.310. The van der Waals surface area contributed by atoms with Crippen molar-refractivity contribution in [3.05, 3.63) is 87.1 Å². The van der Waals surface area contributed by atoms with Crippen molar-refractivity contribution in [2.45, 2.75) is 50.4 Å². The van der Waals surface area contributed by atoms with Gasteiger partial charge in [-0.3, -0.25) is 24.2 Å². The number of ketones is 2. The zero-order chi connectivity index (χ0) is 32.4. The minimum Gasteiger partial charge on any atom is -0.510 e. The molecule has 5 N–H and O–H groups in total. The number of hydrogen-bond acceptors (Lipinski definition) is 9. The molecule has 0 unspecified atom stereocenters. The van der Waals surface area contributed by atoms with Crippen molar-refractivity contribution in [2.75, 3.05) is 27.7 Å². The summed E-state index contributed by atoms with van der Waals surface area (Å²) in [5.41, 5.74) is 3.20. The van der Waals surface area contributed by atoms with Crippen molar-refractivity contribution in [1.29, 1.82) is 0 Å². The van der Waals surface area contributed by atoms with Crippen LogP contribution in [0, 0.1) is 23.6 Å². The van der Waals surface area contributed by atoms with Crippen LogP contribution in [0.2, 0.25) is 0 Å². The molecule has 0 radical (unpaired) electrons. The van der Waals surface area contributed by atoms with Crippen LogP contribution < -0.4 is 10.5 Å². The maximum Gasteiger partial charge on any atom is 0.255 e. The summed E-state index contributed by atoms with van der Waals surface area (Å²) >= 11 is 0. The van der Waals surface area contributed by atoms with Crippen molar-refractivity contribution in [2.24, 2.45) is 23.5 Å². The number of ether oxygens (including phenoxy) is 1. The first-order valence-corrected chi connectivity index (χ1v) is 15.2. The highest BCUT2D eigenvalue weighted by atomic mass is 19.1. The number of carbonyl (C=O) groups is 3. The number of likely N-dealkylation sites (N-methyl/N-ethyl adjacent to an activating group) is 1. The molecular weight excluding hydrogens is 581 g/mol. The number of benzene rings is 2. The molecule has 2 aromatic rings. The van der Waals surface area contributed by atoms with Gasteiger partial charge in [-0.05, 0) is 63.2 Å². The molecular formula is C34H38FN3O7. The fraction of sp³-hybridized carbons (Fsp3) is 0.441. The number of methoxy groups -OCH3 is 1. The van der Waals surface area contributed by atoms with Crippen molar-refractivity contribution < 1.29 is 38.8 Å². The summed E-state index contributed by atoms with van der Waals surface area (Å²) in [6.07, 6.45) is 2.20. The van der Waals surface area contributed by atoms with E-state index in [0.29, 0.717) is 24.6 Å². The molecule has 45 heavy (non-hydrogen) atoms. The number of carbonyl (C=O) groups excluding carboxylic acids is 3. The Morgan fingerprint density at radius 3 is 2.42 bits per heavy atom. The van der Waals surface area contributed by atoms with Gasteiger partial charge in [0, 0.05) is 42.3 Å². The summed E-state index contributed by atoms with van der Waals surface area (Å²) in [6.45, 7) is 1.73. The summed E-state index contributed by atoms with van der Waals surface area (Å²) in [6, 6.07) is 10.4. The fourth-order valence-electron chi connectivity index (χ4n) is 7.55. The Bertz CT molecular complexity index is 1650. The Morgan fingerprint density at radius 1 is 1.13 bits per heavy atom. The van der Waals surface area contributed by atoms with Gasteiger partial charge in [0.15, 0.2) is 11.4 Å². The van der Waals surface area contributed by atoms with Gasteiger partial charge in [0.25, 0.3) is 5.91 Å². The van der Waals surface area contributed by atoms with Gasteiger partial charge in [0.05, 0.1) is 18.7 Å². The third-order valence-corrected chi connectivity index (χ3v) is 9.79. The predicted octanol–water partition coefficient (Wildman–Crippen LogP) is 2.97. The number of aliphatic hydroxyl groups is 3. The van der Waals surface area contributed by atoms with E-state index in [1.54, 1.807) is 14.1 Å². The zero-order valence-corrected chi connectivity index (χ0v) is 25.5. The minimum atomic E-state index is -2.70. The topological polar surface area (TPSA) is 154 Å². The Kier molecular flexibility index (Phi) is 7.83. The minimum absolute atomic E-state index is 0.00805. The molecule has 238 valence electrons. The average molecular weight is 620 g/mol. The molecule has 0 aromatic heterocycles. The van der Waals surface area contributed by atoms with Gasteiger partial charge in [-0.2, -0.15) is 0 Å². The van der Waals surface area contributed by atoms with Crippen molar-refractivity contribution in [1.82, 2.24) is 9.80 Å². The number of nitrogens with two attached hydrogens (primary N) is 1. The van der Waals surface area contributed by atoms with Gasteiger partial charge >= 0.3 is 0 Å². The van der Waals surface area contributed by atoms with Crippen LogP contribution in [0.25, 0.3) is 0 Å². The third-order valence-electron chi connectivity index (χ3n) is 9.79. The monoisotopic (exact) mass is 619 g/mol. The molecule has 0 spiro atoms. The molecule has 0 heterocycles. The molecule has 2 aromatic carbocycles. The number of primary amides is 1. The maximum atomic E-state index is 16.5. The summed E-state index contributed by atoms with van der Waals surface area (Å²) in [4.78, 5) is 43.5. The van der Waals surface area contributed by atoms with Gasteiger partial charge in [-0.25, -0.2) is 4.39 Å². The van der Waals surface area contributed by atoms with Gasteiger partial charge in [0.2, 0.25) is 5.78 Å². The van der Waals surface area contributed by atoms with E-state index in [2.05, 4.69) is 4.90 Å². The fourth-order valence-corrected chi connectivity index (χ4v) is 7.55. The number of nitrogens with zero attached hydrogens (tertiary/aromatic N) is 2.